The highest BCUT2D eigenvalue weighted by atomic mass is 32.1. The zero-order valence-electron chi connectivity index (χ0n) is 14.4. The van der Waals surface area contributed by atoms with Crippen molar-refractivity contribution in [2.45, 2.75) is 59.8 Å². The Balaban J connectivity index is 0.000000235. The first-order valence-corrected chi connectivity index (χ1v) is 8.53. The van der Waals surface area contributed by atoms with E-state index in [4.69, 9.17) is 0 Å². The minimum absolute atomic E-state index is 0. The van der Waals surface area contributed by atoms with Crippen molar-refractivity contribution in [2.75, 3.05) is 0 Å². The summed E-state index contributed by atoms with van der Waals surface area (Å²) in [5, 5.41) is 4.52. The van der Waals surface area contributed by atoms with E-state index in [0.717, 1.165) is 0 Å². The van der Waals surface area contributed by atoms with Crippen LogP contribution in [0.5, 0.6) is 0 Å². The van der Waals surface area contributed by atoms with Crippen molar-refractivity contribution in [3.8, 4) is 0 Å². The Labute approximate surface area is 145 Å². The third kappa shape index (κ3) is 5.21. The van der Waals surface area contributed by atoms with Crippen LogP contribution in [0.2, 0.25) is 0 Å². The number of nitrogens with one attached hydrogen (secondary N) is 1. The molecule has 2 nitrogen and oxygen atoms in total. The Morgan fingerprint density at radius 2 is 1.65 bits per heavy atom. The highest BCUT2D eigenvalue weighted by Gasteiger charge is 2.15. The largest absolute Gasteiger partial charge is 0.361 e. The van der Waals surface area contributed by atoms with Crippen LogP contribution in [0.3, 0.4) is 0 Å². The normalized spacial score (nSPS) is 11.6. The van der Waals surface area contributed by atoms with Gasteiger partial charge >= 0.3 is 0 Å². The third-order valence-electron chi connectivity index (χ3n) is 3.49. The van der Waals surface area contributed by atoms with E-state index in [1.54, 1.807) is 11.3 Å². The van der Waals surface area contributed by atoms with Crippen LogP contribution < -0.4 is 0 Å². The van der Waals surface area contributed by atoms with Gasteiger partial charge in [-0.05, 0) is 34.6 Å². The number of hydrogen-bond donors (Lipinski definition) is 1. The predicted molar refractivity (Wildman–Crippen MR) is 105 cm³/mol. The quantitative estimate of drug-likeness (QED) is 0.498. The van der Waals surface area contributed by atoms with Crippen LogP contribution in [0.4, 0.5) is 0 Å². The van der Waals surface area contributed by atoms with Gasteiger partial charge in [-0.15, -0.1) is 11.3 Å². The number of thiazole rings is 1. The zero-order valence-corrected chi connectivity index (χ0v) is 15.2. The average Bonchev–Trinajstić information content (AvgIpc) is 3.08. The second-order valence-corrected chi connectivity index (χ2v) is 8.51. The van der Waals surface area contributed by atoms with E-state index >= 15 is 0 Å². The highest BCUT2D eigenvalue weighted by Crippen LogP contribution is 2.25. The van der Waals surface area contributed by atoms with Crippen molar-refractivity contribution < 1.29 is 0 Å². The molecule has 0 bridgehead atoms. The molecule has 0 spiro atoms. The Kier molecular flexibility index (Phi) is 6.18. The van der Waals surface area contributed by atoms with E-state index in [2.05, 4.69) is 75.8 Å². The number of aromatic amines is 1. The van der Waals surface area contributed by atoms with Crippen LogP contribution in [0.1, 0.15) is 59.5 Å². The second kappa shape index (κ2) is 7.31. The smallest absolute Gasteiger partial charge is 0.0978 e. The van der Waals surface area contributed by atoms with Gasteiger partial charge in [-0.25, -0.2) is 4.98 Å². The summed E-state index contributed by atoms with van der Waals surface area (Å²) in [6, 6.07) is 8.71. The van der Waals surface area contributed by atoms with Crippen molar-refractivity contribution in [1.29, 1.82) is 0 Å². The summed E-state index contributed by atoms with van der Waals surface area (Å²) in [5.41, 5.74) is 3.08. The molecular formula is C20H30N2S. The molecule has 0 aliphatic carbocycles. The molecular weight excluding hydrogens is 300 g/mol. The molecule has 0 aliphatic heterocycles. The molecule has 0 radical (unpaired) electrons. The fraction of sp³-hybridized carbons (Fsp3) is 0.450. The summed E-state index contributed by atoms with van der Waals surface area (Å²) in [7, 11) is 0. The average molecular weight is 331 g/mol. The number of H-pyrrole nitrogens is 1. The molecule has 2 aromatic heterocycles. The molecule has 1 aromatic carbocycles. The Hall–Kier alpha value is -1.61. The molecule has 3 rings (SSSR count). The van der Waals surface area contributed by atoms with E-state index in [-0.39, 0.29) is 18.3 Å². The van der Waals surface area contributed by atoms with Gasteiger partial charge in [-0.2, -0.15) is 0 Å². The first kappa shape index (κ1) is 19.4. The predicted octanol–water partition coefficient (Wildman–Crippen LogP) is 6.54. The molecule has 0 amide bonds. The van der Waals surface area contributed by atoms with Crippen molar-refractivity contribution in [2.24, 2.45) is 0 Å². The van der Waals surface area contributed by atoms with Gasteiger partial charge in [0.1, 0.15) is 0 Å². The zero-order chi connectivity index (χ0) is 16.4. The number of aromatic nitrogens is 2. The van der Waals surface area contributed by atoms with E-state index in [1.165, 1.54) is 21.5 Å². The molecule has 2 heterocycles. The van der Waals surface area contributed by atoms with Crippen molar-refractivity contribution in [1.82, 2.24) is 9.97 Å². The summed E-state index contributed by atoms with van der Waals surface area (Å²) in [4.78, 5) is 7.40. The number of fused-ring (bicyclic) bond motifs is 1. The van der Waals surface area contributed by atoms with Crippen LogP contribution in [-0.4, -0.2) is 9.97 Å². The molecule has 1 N–H and O–H groups in total. The summed E-state index contributed by atoms with van der Waals surface area (Å²) in [6.45, 7) is 13.2. The van der Waals surface area contributed by atoms with Crippen LogP contribution in [0.25, 0.3) is 10.9 Å². The molecule has 0 unspecified atom stereocenters. The van der Waals surface area contributed by atoms with Crippen LogP contribution >= 0.6 is 11.3 Å². The van der Waals surface area contributed by atoms with E-state index < -0.39 is 0 Å². The summed E-state index contributed by atoms with van der Waals surface area (Å²) < 4.78 is 0. The minimum atomic E-state index is 0. The second-order valence-electron chi connectivity index (χ2n) is 7.62. The van der Waals surface area contributed by atoms with Crippen LogP contribution in [0.15, 0.2) is 42.0 Å². The van der Waals surface area contributed by atoms with Gasteiger partial charge in [0.2, 0.25) is 0 Å². The van der Waals surface area contributed by atoms with Gasteiger partial charge in [0, 0.05) is 28.7 Å². The van der Waals surface area contributed by atoms with Crippen LogP contribution in [0, 0.1) is 0 Å². The molecule has 0 atom stereocenters. The molecule has 0 saturated carbocycles. The summed E-state index contributed by atoms with van der Waals surface area (Å²) >= 11 is 1.72. The first-order chi connectivity index (χ1) is 10.2. The van der Waals surface area contributed by atoms with Gasteiger partial charge in [0.25, 0.3) is 0 Å². The molecule has 23 heavy (non-hydrogen) atoms. The molecule has 0 fully saturated rings. The maximum absolute atomic E-state index is 4.21. The van der Waals surface area contributed by atoms with Gasteiger partial charge in [0.15, 0.2) is 0 Å². The maximum atomic E-state index is 4.21. The van der Waals surface area contributed by atoms with Crippen molar-refractivity contribution >= 4 is 22.2 Å². The topological polar surface area (TPSA) is 28.7 Å². The lowest BCUT2D eigenvalue weighted by Gasteiger charge is -2.18. The molecule has 3 heteroatoms. The Morgan fingerprint density at radius 1 is 0.957 bits per heavy atom. The Morgan fingerprint density at radius 3 is 2.13 bits per heavy atom. The summed E-state index contributed by atoms with van der Waals surface area (Å²) in [6.07, 6.45) is 3.84. The fourth-order valence-corrected chi connectivity index (χ4v) is 2.84. The SMILES string of the molecule is C.CC(C)(C)c1ccc2[nH]ccc2c1.CC(C)(C)c1nccs1. The molecule has 0 aliphatic rings. The number of rotatable bonds is 0. The highest BCUT2D eigenvalue weighted by molar-refractivity contribution is 7.09. The maximum Gasteiger partial charge on any atom is 0.0978 e. The Bertz CT molecular complexity index is 710. The number of hydrogen-bond acceptors (Lipinski definition) is 2. The lowest BCUT2D eigenvalue weighted by molar-refractivity contribution is 0.585. The third-order valence-corrected chi connectivity index (χ3v) is 4.69. The standard InChI is InChI=1S/C12H15N.C7H11NS.CH4/c1-12(2,3)10-4-5-11-9(8-10)6-7-13-11;1-7(2,3)6-8-4-5-9-6;/h4-8,13H,1-3H3;4-5H,1-3H3;1H4. The van der Waals surface area contributed by atoms with E-state index in [0.29, 0.717) is 0 Å². The summed E-state index contributed by atoms with van der Waals surface area (Å²) in [5.74, 6) is 0. The van der Waals surface area contributed by atoms with E-state index in [9.17, 15) is 0 Å². The van der Waals surface area contributed by atoms with Crippen molar-refractivity contribution in [3.63, 3.8) is 0 Å². The monoisotopic (exact) mass is 330 g/mol. The lowest BCUT2D eigenvalue weighted by Crippen LogP contribution is -2.10. The minimum Gasteiger partial charge on any atom is -0.361 e. The molecule has 126 valence electrons. The van der Waals surface area contributed by atoms with Crippen molar-refractivity contribution in [3.05, 3.63) is 52.6 Å². The first-order valence-electron chi connectivity index (χ1n) is 7.65. The lowest BCUT2D eigenvalue weighted by atomic mass is 9.86. The molecule has 3 aromatic rings. The van der Waals surface area contributed by atoms with Gasteiger partial charge < -0.3 is 4.98 Å². The van der Waals surface area contributed by atoms with E-state index in [1.807, 2.05) is 17.8 Å². The number of nitrogens with zero attached hydrogens (tertiary/aromatic N) is 1. The molecule has 0 saturated heterocycles. The fourth-order valence-electron chi connectivity index (χ4n) is 2.11. The van der Waals surface area contributed by atoms with Crippen LogP contribution in [-0.2, 0) is 10.8 Å². The number of benzene rings is 1. The van der Waals surface area contributed by atoms with Gasteiger partial charge in [0.05, 0.1) is 5.01 Å². The van der Waals surface area contributed by atoms with Gasteiger partial charge in [-0.3, -0.25) is 0 Å². The van der Waals surface area contributed by atoms with Gasteiger partial charge in [-0.1, -0.05) is 55.0 Å².